The van der Waals surface area contributed by atoms with Crippen LogP contribution in [0.4, 0.5) is 5.69 Å². The van der Waals surface area contributed by atoms with Gasteiger partial charge in [0.05, 0.1) is 13.2 Å². The van der Waals surface area contributed by atoms with Crippen LogP contribution < -0.4 is 5.32 Å². The van der Waals surface area contributed by atoms with Gasteiger partial charge < -0.3 is 14.8 Å². The standard InChI is InChI=1S/C17H21NO4/c1-3-21-16(19)15(17(20)22-4-2)11-18-14-9-8-12-6-5-7-13(12)10-14/h8-11,18H,3-7H2,1-2H3. The van der Waals surface area contributed by atoms with Gasteiger partial charge in [0.1, 0.15) is 0 Å². The minimum Gasteiger partial charge on any atom is -0.462 e. The van der Waals surface area contributed by atoms with Gasteiger partial charge in [0.2, 0.25) is 0 Å². The summed E-state index contributed by atoms with van der Waals surface area (Å²) >= 11 is 0. The predicted molar refractivity (Wildman–Crippen MR) is 83.4 cm³/mol. The third-order valence-electron chi connectivity index (χ3n) is 3.47. The van der Waals surface area contributed by atoms with Crippen LogP contribution in [-0.4, -0.2) is 25.2 Å². The zero-order valence-electron chi connectivity index (χ0n) is 13.0. The van der Waals surface area contributed by atoms with E-state index in [1.165, 1.54) is 23.7 Å². The summed E-state index contributed by atoms with van der Waals surface area (Å²) in [5, 5.41) is 2.99. The van der Waals surface area contributed by atoms with Crippen molar-refractivity contribution in [3.8, 4) is 0 Å². The van der Waals surface area contributed by atoms with E-state index < -0.39 is 11.9 Å². The van der Waals surface area contributed by atoms with Gasteiger partial charge in [-0.25, -0.2) is 9.59 Å². The molecule has 1 aromatic rings. The van der Waals surface area contributed by atoms with E-state index in [1.54, 1.807) is 13.8 Å². The Morgan fingerprint density at radius 1 is 1.09 bits per heavy atom. The SMILES string of the molecule is CCOC(=O)C(=CNc1ccc2c(c1)CCC2)C(=O)OCC. The number of fused-ring (bicyclic) bond motifs is 1. The Kier molecular flexibility index (Phi) is 5.58. The van der Waals surface area contributed by atoms with E-state index in [0.29, 0.717) is 0 Å². The first kappa shape index (κ1) is 16.1. The number of ether oxygens (including phenoxy) is 2. The van der Waals surface area contributed by atoms with E-state index >= 15 is 0 Å². The first-order chi connectivity index (χ1) is 10.7. The molecule has 1 aliphatic rings. The van der Waals surface area contributed by atoms with Gasteiger partial charge in [-0.05, 0) is 56.4 Å². The zero-order valence-corrected chi connectivity index (χ0v) is 13.0. The van der Waals surface area contributed by atoms with Crippen LogP contribution in [0.5, 0.6) is 0 Å². The lowest BCUT2D eigenvalue weighted by Gasteiger charge is -2.08. The topological polar surface area (TPSA) is 64.6 Å². The second kappa shape index (κ2) is 7.64. The molecule has 0 spiro atoms. The lowest BCUT2D eigenvalue weighted by molar-refractivity contribution is -0.146. The lowest BCUT2D eigenvalue weighted by atomic mass is 10.1. The van der Waals surface area contributed by atoms with Crippen LogP contribution in [-0.2, 0) is 31.9 Å². The number of hydrogen-bond acceptors (Lipinski definition) is 5. The highest BCUT2D eigenvalue weighted by atomic mass is 16.6. The Bertz CT molecular complexity index is 572. The van der Waals surface area contributed by atoms with Crippen molar-refractivity contribution in [2.24, 2.45) is 0 Å². The van der Waals surface area contributed by atoms with E-state index in [-0.39, 0.29) is 18.8 Å². The molecule has 2 rings (SSSR count). The van der Waals surface area contributed by atoms with E-state index in [2.05, 4.69) is 11.4 Å². The molecule has 118 valence electrons. The number of hydrogen-bond donors (Lipinski definition) is 1. The van der Waals surface area contributed by atoms with E-state index in [9.17, 15) is 9.59 Å². The molecular weight excluding hydrogens is 282 g/mol. The Morgan fingerprint density at radius 3 is 2.36 bits per heavy atom. The maximum Gasteiger partial charge on any atom is 0.347 e. The van der Waals surface area contributed by atoms with Gasteiger partial charge in [0.25, 0.3) is 0 Å². The van der Waals surface area contributed by atoms with Crippen molar-refractivity contribution in [2.45, 2.75) is 33.1 Å². The maximum absolute atomic E-state index is 11.8. The van der Waals surface area contributed by atoms with Crippen molar-refractivity contribution in [1.29, 1.82) is 0 Å². The normalized spacial score (nSPS) is 12.3. The summed E-state index contributed by atoms with van der Waals surface area (Å²) in [6, 6.07) is 6.06. The largest absolute Gasteiger partial charge is 0.462 e. The van der Waals surface area contributed by atoms with Gasteiger partial charge in [-0.2, -0.15) is 0 Å². The minimum atomic E-state index is -0.686. The third-order valence-corrected chi connectivity index (χ3v) is 3.47. The van der Waals surface area contributed by atoms with Gasteiger partial charge in [-0.3, -0.25) is 0 Å². The van der Waals surface area contributed by atoms with E-state index in [0.717, 1.165) is 18.5 Å². The van der Waals surface area contributed by atoms with Crippen molar-refractivity contribution in [3.05, 3.63) is 41.1 Å². The monoisotopic (exact) mass is 303 g/mol. The molecule has 1 aliphatic carbocycles. The van der Waals surface area contributed by atoms with Gasteiger partial charge >= 0.3 is 11.9 Å². The number of esters is 2. The molecule has 1 N–H and O–H groups in total. The smallest absolute Gasteiger partial charge is 0.347 e. The molecule has 0 fully saturated rings. The fraction of sp³-hybridized carbons (Fsp3) is 0.412. The molecule has 5 heteroatoms. The average molecular weight is 303 g/mol. The summed E-state index contributed by atoms with van der Waals surface area (Å²) in [7, 11) is 0. The molecule has 0 saturated heterocycles. The minimum absolute atomic E-state index is 0.135. The van der Waals surface area contributed by atoms with Gasteiger partial charge in [-0.1, -0.05) is 6.07 Å². The van der Waals surface area contributed by atoms with Crippen molar-refractivity contribution < 1.29 is 19.1 Å². The maximum atomic E-state index is 11.8. The summed E-state index contributed by atoms with van der Waals surface area (Å²) in [6.07, 6.45) is 4.71. The quantitative estimate of drug-likeness (QED) is 0.379. The van der Waals surface area contributed by atoms with Crippen LogP contribution >= 0.6 is 0 Å². The van der Waals surface area contributed by atoms with Crippen LogP contribution in [0, 0.1) is 0 Å². The number of anilines is 1. The average Bonchev–Trinajstić information content (AvgIpc) is 2.95. The lowest BCUT2D eigenvalue weighted by Crippen LogP contribution is -2.19. The Hall–Kier alpha value is -2.30. The molecule has 0 aromatic heterocycles. The summed E-state index contributed by atoms with van der Waals surface area (Å²) in [5.74, 6) is -1.37. The first-order valence-electron chi connectivity index (χ1n) is 7.58. The molecule has 1 aromatic carbocycles. The van der Waals surface area contributed by atoms with E-state index in [1.807, 2.05) is 12.1 Å². The number of rotatable bonds is 6. The Morgan fingerprint density at radius 2 is 1.73 bits per heavy atom. The number of benzene rings is 1. The molecule has 0 saturated carbocycles. The summed E-state index contributed by atoms with van der Waals surface area (Å²) in [4.78, 5) is 23.7. The van der Waals surface area contributed by atoms with Crippen LogP contribution in [0.15, 0.2) is 30.0 Å². The van der Waals surface area contributed by atoms with Crippen LogP contribution in [0.2, 0.25) is 0 Å². The Balaban J connectivity index is 2.14. The summed E-state index contributed by atoms with van der Waals surface area (Å²) < 4.78 is 9.77. The van der Waals surface area contributed by atoms with Crippen molar-refractivity contribution in [2.75, 3.05) is 18.5 Å². The third kappa shape index (κ3) is 3.87. The van der Waals surface area contributed by atoms with Crippen LogP contribution in [0.3, 0.4) is 0 Å². The van der Waals surface area contributed by atoms with Crippen molar-refractivity contribution in [3.63, 3.8) is 0 Å². The second-order valence-electron chi connectivity index (χ2n) is 4.98. The van der Waals surface area contributed by atoms with Crippen molar-refractivity contribution in [1.82, 2.24) is 0 Å². The highest BCUT2D eigenvalue weighted by Gasteiger charge is 2.21. The highest BCUT2D eigenvalue weighted by molar-refractivity contribution is 6.14. The summed E-state index contributed by atoms with van der Waals surface area (Å²) in [6.45, 7) is 3.78. The molecule has 0 unspecified atom stereocenters. The molecule has 0 heterocycles. The number of nitrogens with one attached hydrogen (secondary N) is 1. The van der Waals surface area contributed by atoms with E-state index in [4.69, 9.17) is 9.47 Å². The van der Waals surface area contributed by atoms with Crippen LogP contribution in [0.1, 0.15) is 31.4 Å². The predicted octanol–water partition coefficient (Wildman–Crippen LogP) is 2.60. The zero-order chi connectivity index (χ0) is 15.9. The van der Waals surface area contributed by atoms with Gasteiger partial charge in [-0.15, -0.1) is 0 Å². The molecule has 0 bridgehead atoms. The molecule has 0 radical (unpaired) electrons. The first-order valence-corrected chi connectivity index (χ1v) is 7.58. The van der Waals surface area contributed by atoms with Gasteiger partial charge in [0.15, 0.2) is 5.57 Å². The number of aryl methyl sites for hydroxylation is 2. The molecule has 0 atom stereocenters. The Labute approximate surface area is 130 Å². The molecule has 22 heavy (non-hydrogen) atoms. The number of carbonyl (C=O) groups excluding carboxylic acids is 2. The number of carbonyl (C=O) groups is 2. The fourth-order valence-electron chi connectivity index (χ4n) is 2.44. The molecule has 0 amide bonds. The molecule has 0 aliphatic heterocycles. The fourth-order valence-corrected chi connectivity index (χ4v) is 2.44. The van der Waals surface area contributed by atoms with Crippen molar-refractivity contribution >= 4 is 17.6 Å². The molecular formula is C17H21NO4. The second-order valence-corrected chi connectivity index (χ2v) is 4.98. The van der Waals surface area contributed by atoms with Crippen LogP contribution in [0.25, 0.3) is 0 Å². The van der Waals surface area contributed by atoms with Gasteiger partial charge in [0, 0.05) is 11.9 Å². The summed E-state index contributed by atoms with van der Waals surface area (Å²) in [5.41, 5.74) is 3.38. The highest BCUT2D eigenvalue weighted by Crippen LogP contribution is 2.25. The molecule has 5 nitrogen and oxygen atoms in total.